The van der Waals surface area contributed by atoms with E-state index < -0.39 is 0 Å². The van der Waals surface area contributed by atoms with E-state index in [1.807, 2.05) is 11.8 Å². The molecule has 0 bridgehead atoms. The first-order valence-corrected chi connectivity index (χ1v) is 7.27. The molecule has 0 aromatic rings. The average molecular weight is 291 g/mol. The summed E-state index contributed by atoms with van der Waals surface area (Å²) in [7, 11) is 0. The maximum absolute atomic E-state index is 12.3. The molecule has 0 aromatic carbocycles. The van der Waals surface area contributed by atoms with Crippen LogP contribution in [0.3, 0.4) is 0 Å². The number of ether oxygens (including phenoxy) is 1. The van der Waals surface area contributed by atoms with Crippen LogP contribution >= 0.6 is 12.4 Å². The number of morpholine rings is 1. The number of rotatable bonds is 3. The van der Waals surface area contributed by atoms with Crippen molar-refractivity contribution in [1.82, 2.24) is 10.2 Å². The van der Waals surface area contributed by atoms with Gasteiger partial charge in [-0.15, -0.1) is 12.4 Å². The van der Waals surface area contributed by atoms with Crippen LogP contribution in [0.2, 0.25) is 0 Å². The highest BCUT2D eigenvalue weighted by Crippen LogP contribution is 2.25. The summed E-state index contributed by atoms with van der Waals surface area (Å²) in [4.78, 5) is 14.2. The van der Waals surface area contributed by atoms with E-state index in [4.69, 9.17) is 4.74 Å². The van der Waals surface area contributed by atoms with Gasteiger partial charge in [0.05, 0.1) is 12.7 Å². The van der Waals surface area contributed by atoms with Gasteiger partial charge < -0.3 is 15.0 Å². The molecule has 2 unspecified atom stereocenters. The standard InChI is InChI=1S/C14H26N2O2.ClH/c1-11(13-3-5-15-6-4-13)9-14(17)16-7-8-18-12(2)10-16;/h11-13,15H,3-10H2,1-2H3;1H. The first-order valence-electron chi connectivity index (χ1n) is 7.27. The molecule has 2 aliphatic rings. The van der Waals surface area contributed by atoms with Crippen LogP contribution in [0, 0.1) is 11.8 Å². The van der Waals surface area contributed by atoms with E-state index in [-0.39, 0.29) is 18.5 Å². The van der Waals surface area contributed by atoms with Crippen LogP contribution in [0.4, 0.5) is 0 Å². The fourth-order valence-electron chi connectivity index (χ4n) is 3.03. The molecule has 1 amide bonds. The highest BCUT2D eigenvalue weighted by atomic mass is 35.5. The van der Waals surface area contributed by atoms with Crippen LogP contribution in [0.1, 0.15) is 33.1 Å². The molecule has 0 radical (unpaired) electrons. The summed E-state index contributed by atoms with van der Waals surface area (Å²) in [5.74, 6) is 1.54. The Morgan fingerprint density at radius 3 is 2.74 bits per heavy atom. The van der Waals surface area contributed by atoms with E-state index in [1.54, 1.807) is 0 Å². The van der Waals surface area contributed by atoms with Gasteiger partial charge in [-0.1, -0.05) is 6.92 Å². The molecule has 19 heavy (non-hydrogen) atoms. The van der Waals surface area contributed by atoms with Crippen molar-refractivity contribution in [3.63, 3.8) is 0 Å². The molecule has 2 aliphatic heterocycles. The van der Waals surface area contributed by atoms with Crippen molar-refractivity contribution in [1.29, 1.82) is 0 Å². The van der Waals surface area contributed by atoms with Crippen molar-refractivity contribution in [3.8, 4) is 0 Å². The molecular weight excluding hydrogens is 264 g/mol. The van der Waals surface area contributed by atoms with Crippen LogP contribution in [-0.2, 0) is 9.53 Å². The summed E-state index contributed by atoms with van der Waals surface area (Å²) in [6.07, 6.45) is 3.33. The smallest absolute Gasteiger partial charge is 0.223 e. The van der Waals surface area contributed by atoms with Crippen molar-refractivity contribution in [2.24, 2.45) is 11.8 Å². The molecule has 0 spiro atoms. The maximum atomic E-state index is 12.3. The normalized spacial score (nSPS) is 26.6. The monoisotopic (exact) mass is 290 g/mol. The molecule has 5 heteroatoms. The third kappa shape index (κ3) is 4.93. The van der Waals surface area contributed by atoms with Crippen LogP contribution in [0.5, 0.6) is 0 Å². The molecule has 2 rings (SSSR count). The molecule has 0 aliphatic carbocycles. The zero-order valence-electron chi connectivity index (χ0n) is 12.1. The maximum Gasteiger partial charge on any atom is 0.223 e. The Balaban J connectivity index is 0.00000180. The fraction of sp³-hybridized carbons (Fsp3) is 0.929. The minimum atomic E-state index is 0. The summed E-state index contributed by atoms with van der Waals surface area (Å²) >= 11 is 0. The van der Waals surface area contributed by atoms with Gasteiger partial charge in [-0.3, -0.25) is 4.79 Å². The summed E-state index contributed by atoms with van der Waals surface area (Å²) in [5.41, 5.74) is 0. The lowest BCUT2D eigenvalue weighted by Gasteiger charge is -2.33. The van der Waals surface area contributed by atoms with Crippen molar-refractivity contribution >= 4 is 18.3 Å². The first-order chi connectivity index (χ1) is 8.66. The zero-order valence-corrected chi connectivity index (χ0v) is 12.9. The van der Waals surface area contributed by atoms with Gasteiger partial charge in [0, 0.05) is 19.5 Å². The molecule has 112 valence electrons. The Morgan fingerprint density at radius 1 is 1.42 bits per heavy atom. The predicted octanol–water partition coefficient (Wildman–Crippen LogP) is 1.68. The second-order valence-electron chi connectivity index (χ2n) is 5.79. The van der Waals surface area contributed by atoms with E-state index >= 15 is 0 Å². The number of carbonyl (C=O) groups is 1. The lowest BCUT2D eigenvalue weighted by molar-refractivity contribution is -0.139. The van der Waals surface area contributed by atoms with Crippen LogP contribution < -0.4 is 5.32 Å². The molecule has 2 fully saturated rings. The second kappa shape index (κ2) is 8.08. The van der Waals surface area contributed by atoms with Gasteiger partial charge in [0.15, 0.2) is 0 Å². The number of nitrogens with zero attached hydrogens (tertiary/aromatic N) is 1. The van der Waals surface area contributed by atoms with Gasteiger partial charge in [-0.25, -0.2) is 0 Å². The minimum Gasteiger partial charge on any atom is -0.375 e. The molecule has 2 atom stereocenters. The van der Waals surface area contributed by atoms with Gasteiger partial charge in [-0.05, 0) is 44.7 Å². The minimum absolute atomic E-state index is 0. The Kier molecular flexibility index (Phi) is 7.11. The van der Waals surface area contributed by atoms with E-state index in [0.29, 0.717) is 30.8 Å². The van der Waals surface area contributed by atoms with Crippen LogP contribution in [0.25, 0.3) is 0 Å². The lowest BCUT2D eigenvalue weighted by atomic mass is 9.84. The van der Waals surface area contributed by atoms with Crippen molar-refractivity contribution in [3.05, 3.63) is 0 Å². The molecule has 0 saturated carbocycles. The zero-order chi connectivity index (χ0) is 13.0. The van der Waals surface area contributed by atoms with Gasteiger partial charge in [-0.2, -0.15) is 0 Å². The van der Waals surface area contributed by atoms with Gasteiger partial charge >= 0.3 is 0 Å². The van der Waals surface area contributed by atoms with E-state index in [9.17, 15) is 4.79 Å². The van der Waals surface area contributed by atoms with E-state index in [2.05, 4.69) is 12.2 Å². The van der Waals surface area contributed by atoms with Crippen molar-refractivity contribution in [2.75, 3.05) is 32.8 Å². The molecule has 0 aromatic heterocycles. The third-order valence-electron chi connectivity index (χ3n) is 4.28. The number of carbonyl (C=O) groups excluding carboxylic acids is 1. The Bertz CT molecular complexity index is 283. The highest BCUT2D eigenvalue weighted by molar-refractivity contribution is 5.85. The van der Waals surface area contributed by atoms with Gasteiger partial charge in [0.2, 0.25) is 5.91 Å². The Labute approximate surface area is 122 Å². The number of piperidine rings is 1. The second-order valence-corrected chi connectivity index (χ2v) is 5.79. The molecule has 4 nitrogen and oxygen atoms in total. The van der Waals surface area contributed by atoms with Gasteiger partial charge in [0.25, 0.3) is 0 Å². The number of hydrogen-bond acceptors (Lipinski definition) is 3. The predicted molar refractivity (Wildman–Crippen MR) is 78.6 cm³/mol. The Hall–Kier alpha value is -0.320. The Morgan fingerprint density at radius 2 is 2.11 bits per heavy atom. The topological polar surface area (TPSA) is 41.6 Å². The molecule has 1 N–H and O–H groups in total. The van der Waals surface area contributed by atoms with E-state index in [0.717, 1.165) is 26.2 Å². The largest absolute Gasteiger partial charge is 0.375 e. The van der Waals surface area contributed by atoms with Gasteiger partial charge in [0.1, 0.15) is 0 Å². The molecule has 2 saturated heterocycles. The number of halogens is 1. The quantitative estimate of drug-likeness (QED) is 0.860. The number of hydrogen-bond donors (Lipinski definition) is 1. The summed E-state index contributed by atoms with van der Waals surface area (Å²) < 4.78 is 5.48. The number of amides is 1. The lowest BCUT2D eigenvalue weighted by Crippen LogP contribution is -2.45. The molecular formula is C14H27ClN2O2. The fourth-order valence-corrected chi connectivity index (χ4v) is 3.03. The summed E-state index contributed by atoms with van der Waals surface area (Å²) in [6.45, 7) is 8.71. The molecule has 2 heterocycles. The van der Waals surface area contributed by atoms with Crippen LogP contribution in [0.15, 0.2) is 0 Å². The van der Waals surface area contributed by atoms with Crippen molar-refractivity contribution < 1.29 is 9.53 Å². The van der Waals surface area contributed by atoms with Crippen LogP contribution in [-0.4, -0.2) is 49.7 Å². The third-order valence-corrected chi connectivity index (χ3v) is 4.28. The summed E-state index contributed by atoms with van der Waals surface area (Å²) in [5, 5.41) is 3.38. The SMILES string of the molecule is CC1CN(C(=O)CC(C)C2CCNCC2)CCO1.Cl. The highest BCUT2D eigenvalue weighted by Gasteiger charge is 2.26. The number of nitrogens with one attached hydrogen (secondary N) is 1. The average Bonchev–Trinajstić information content (AvgIpc) is 2.39. The summed E-state index contributed by atoms with van der Waals surface area (Å²) in [6, 6.07) is 0. The van der Waals surface area contributed by atoms with Crippen molar-refractivity contribution in [2.45, 2.75) is 39.2 Å². The van der Waals surface area contributed by atoms with E-state index in [1.165, 1.54) is 12.8 Å². The first kappa shape index (κ1) is 16.7.